The van der Waals surface area contributed by atoms with E-state index >= 15 is 0 Å². The van der Waals surface area contributed by atoms with Crippen LogP contribution in [0, 0.1) is 5.92 Å². The average molecular weight is 392 g/mol. The molecule has 146 valence electrons. The van der Waals surface area contributed by atoms with Crippen LogP contribution < -0.4 is 11.1 Å². The van der Waals surface area contributed by atoms with Gasteiger partial charge in [-0.15, -0.1) is 12.4 Å². The lowest BCUT2D eigenvalue weighted by Crippen LogP contribution is -2.41. The lowest BCUT2D eigenvalue weighted by atomic mass is 9.96. The van der Waals surface area contributed by atoms with E-state index in [9.17, 15) is 9.59 Å². The molecule has 1 saturated heterocycles. The molecule has 1 aromatic carbocycles. The molecule has 0 unspecified atom stereocenters. The molecule has 0 bridgehead atoms. The number of carbonyl (C=O) groups is 2. The summed E-state index contributed by atoms with van der Waals surface area (Å²) in [5, 5.41) is 7.72. The number of nitrogens with two attached hydrogens (primary N) is 1. The van der Waals surface area contributed by atoms with E-state index in [1.54, 1.807) is 0 Å². The van der Waals surface area contributed by atoms with Gasteiger partial charge in [0, 0.05) is 19.2 Å². The number of nitrogens with one attached hydrogen (secondary N) is 1. The van der Waals surface area contributed by atoms with E-state index in [1.165, 1.54) is 10.7 Å². The zero-order valence-electron chi connectivity index (χ0n) is 15.4. The minimum Gasteiger partial charge on any atom is -0.364 e. The van der Waals surface area contributed by atoms with Crippen molar-refractivity contribution >= 4 is 24.2 Å². The zero-order chi connectivity index (χ0) is 18.5. The van der Waals surface area contributed by atoms with Gasteiger partial charge in [0.1, 0.15) is 5.69 Å². The summed E-state index contributed by atoms with van der Waals surface area (Å²) in [5.41, 5.74) is 6.64. The smallest absolute Gasteiger partial charge is 0.274 e. The standard InChI is InChI=1S/C19H25N5O2.ClH/c1-2-21-13-14-8-10-23(11-9-14)19(26)16-12-17(18(20)25)24(22-16)15-6-4-3-5-7-15;/h3-7,12,14,21H,2,8-11,13H2,1H3,(H2,20,25);1H. The normalized spacial score (nSPS) is 14.6. The maximum Gasteiger partial charge on any atom is 0.274 e. The number of piperidine rings is 1. The first kappa shape index (κ1) is 20.9. The molecule has 0 spiro atoms. The number of aromatic nitrogens is 2. The molecule has 3 rings (SSSR count). The highest BCUT2D eigenvalue weighted by Crippen LogP contribution is 2.19. The fourth-order valence-corrected chi connectivity index (χ4v) is 3.28. The van der Waals surface area contributed by atoms with E-state index in [2.05, 4.69) is 17.3 Å². The Bertz CT molecular complexity index is 770. The van der Waals surface area contributed by atoms with Gasteiger partial charge in [0.2, 0.25) is 0 Å². The van der Waals surface area contributed by atoms with Gasteiger partial charge in [0.05, 0.1) is 5.69 Å². The maximum atomic E-state index is 12.8. The van der Waals surface area contributed by atoms with Crippen LogP contribution in [0.25, 0.3) is 5.69 Å². The first-order valence-electron chi connectivity index (χ1n) is 9.05. The summed E-state index contributed by atoms with van der Waals surface area (Å²) in [6.07, 6.45) is 1.95. The molecule has 8 heteroatoms. The van der Waals surface area contributed by atoms with E-state index in [1.807, 2.05) is 35.2 Å². The summed E-state index contributed by atoms with van der Waals surface area (Å²) in [6.45, 7) is 5.47. The maximum absolute atomic E-state index is 12.8. The average Bonchev–Trinajstić information content (AvgIpc) is 3.13. The molecule has 7 nitrogen and oxygen atoms in total. The van der Waals surface area contributed by atoms with Gasteiger partial charge in [0.15, 0.2) is 5.69 Å². The van der Waals surface area contributed by atoms with Crippen LogP contribution in [0.1, 0.15) is 40.7 Å². The first-order chi connectivity index (χ1) is 12.6. The largest absolute Gasteiger partial charge is 0.364 e. The predicted molar refractivity (Wildman–Crippen MR) is 107 cm³/mol. The Kier molecular flexibility index (Phi) is 7.38. The number of nitrogens with zero attached hydrogens (tertiary/aromatic N) is 3. The molecule has 3 N–H and O–H groups in total. The number of rotatable bonds is 6. The van der Waals surface area contributed by atoms with Crippen LogP contribution in [0.3, 0.4) is 0 Å². The number of amides is 2. The predicted octanol–water partition coefficient (Wildman–Crippen LogP) is 1.85. The van der Waals surface area contributed by atoms with Crippen molar-refractivity contribution in [1.82, 2.24) is 20.0 Å². The Morgan fingerprint density at radius 1 is 1.22 bits per heavy atom. The minimum absolute atomic E-state index is 0. The molecule has 0 radical (unpaired) electrons. The molecule has 1 aliphatic rings. The van der Waals surface area contributed by atoms with E-state index in [0.717, 1.165) is 25.9 Å². The summed E-state index contributed by atoms with van der Waals surface area (Å²) >= 11 is 0. The van der Waals surface area contributed by atoms with Crippen molar-refractivity contribution in [2.45, 2.75) is 19.8 Å². The van der Waals surface area contributed by atoms with E-state index in [0.29, 0.717) is 24.7 Å². The first-order valence-corrected chi connectivity index (χ1v) is 9.05. The Balaban J connectivity index is 0.00000261. The van der Waals surface area contributed by atoms with Crippen molar-refractivity contribution in [3.63, 3.8) is 0 Å². The van der Waals surface area contributed by atoms with Crippen molar-refractivity contribution in [1.29, 1.82) is 0 Å². The van der Waals surface area contributed by atoms with Crippen LogP contribution in [0.15, 0.2) is 36.4 Å². The van der Waals surface area contributed by atoms with Crippen molar-refractivity contribution in [3.05, 3.63) is 47.8 Å². The molecule has 2 amide bonds. The highest BCUT2D eigenvalue weighted by atomic mass is 35.5. The number of hydrogen-bond donors (Lipinski definition) is 2. The highest BCUT2D eigenvalue weighted by Gasteiger charge is 2.26. The van der Waals surface area contributed by atoms with Crippen LogP contribution in [-0.4, -0.2) is 52.7 Å². The van der Waals surface area contributed by atoms with Crippen molar-refractivity contribution < 1.29 is 9.59 Å². The Hall–Kier alpha value is -2.38. The molecular weight excluding hydrogens is 366 g/mol. The fraction of sp³-hybridized carbons (Fsp3) is 0.421. The van der Waals surface area contributed by atoms with Gasteiger partial charge in [-0.1, -0.05) is 25.1 Å². The number of primary amides is 1. The van der Waals surface area contributed by atoms with Gasteiger partial charge in [-0.05, 0) is 44.0 Å². The summed E-state index contributed by atoms with van der Waals surface area (Å²) in [5.74, 6) is -0.157. The summed E-state index contributed by atoms with van der Waals surface area (Å²) < 4.78 is 1.44. The molecule has 27 heavy (non-hydrogen) atoms. The molecular formula is C19H26ClN5O2. The summed E-state index contributed by atoms with van der Waals surface area (Å²) in [4.78, 5) is 26.4. The summed E-state index contributed by atoms with van der Waals surface area (Å²) in [7, 11) is 0. The number of likely N-dealkylation sites (tertiary alicyclic amines) is 1. The second-order valence-corrected chi connectivity index (χ2v) is 6.57. The second kappa shape index (κ2) is 9.53. The van der Waals surface area contributed by atoms with Crippen LogP contribution >= 0.6 is 12.4 Å². The topological polar surface area (TPSA) is 93.3 Å². The molecule has 1 aromatic heterocycles. The number of hydrogen-bond acceptors (Lipinski definition) is 4. The molecule has 1 aliphatic heterocycles. The molecule has 2 heterocycles. The fourth-order valence-electron chi connectivity index (χ4n) is 3.28. The third kappa shape index (κ3) is 4.87. The molecule has 0 saturated carbocycles. The van der Waals surface area contributed by atoms with Gasteiger partial charge in [-0.3, -0.25) is 9.59 Å². The Morgan fingerprint density at radius 2 is 1.89 bits per heavy atom. The third-order valence-corrected chi connectivity index (χ3v) is 4.77. The zero-order valence-corrected chi connectivity index (χ0v) is 16.2. The lowest BCUT2D eigenvalue weighted by molar-refractivity contribution is 0.0683. The monoisotopic (exact) mass is 391 g/mol. The van der Waals surface area contributed by atoms with Gasteiger partial charge >= 0.3 is 0 Å². The van der Waals surface area contributed by atoms with Crippen LogP contribution in [0.2, 0.25) is 0 Å². The molecule has 1 fully saturated rings. The SMILES string of the molecule is CCNCC1CCN(C(=O)c2cc(C(N)=O)n(-c3ccccc3)n2)CC1.Cl. The molecule has 2 aromatic rings. The van der Waals surface area contributed by atoms with Crippen molar-refractivity contribution in [2.75, 3.05) is 26.2 Å². The highest BCUT2D eigenvalue weighted by molar-refractivity contribution is 5.97. The van der Waals surface area contributed by atoms with Crippen LogP contribution in [0.4, 0.5) is 0 Å². The van der Waals surface area contributed by atoms with Gasteiger partial charge in [0.25, 0.3) is 11.8 Å². The van der Waals surface area contributed by atoms with Gasteiger partial charge in [-0.2, -0.15) is 5.10 Å². The second-order valence-electron chi connectivity index (χ2n) is 6.57. The number of para-hydroxylation sites is 1. The van der Waals surface area contributed by atoms with Crippen molar-refractivity contribution in [2.24, 2.45) is 11.7 Å². The van der Waals surface area contributed by atoms with Gasteiger partial charge < -0.3 is 16.0 Å². The third-order valence-electron chi connectivity index (χ3n) is 4.77. The Labute approximate surface area is 165 Å². The van der Waals surface area contributed by atoms with Crippen LogP contribution in [0.5, 0.6) is 0 Å². The van der Waals surface area contributed by atoms with Gasteiger partial charge in [-0.25, -0.2) is 4.68 Å². The lowest BCUT2D eigenvalue weighted by Gasteiger charge is -2.31. The van der Waals surface area contributed by atoms with Crippen LogP contribution in [-0.2, 0) is 0 Å². The van der Waals surface area contributed by atoms with E-state index < -0.39 is 5.91 Å². The molecule has 0 aliphatic carbocycles. The number of halogens is 1. The summed E-state index contributed by atoms with van der Waals surface area (Å²) in [6, 6.07) is 10.7. The molecule has 0 atom stereocenters. The number of carbonyl (C=O) groups excluding carboxylic acids is 2. The Morgan fingerprint density at radius 3 is 2.48 bits per heavy atom. The van der Waals surface area contributed by atoms with E-state index in [-0.39, 0.29) is 29.7 Å². The minimum atomic E-state index is -0.607. The van der Waals surface area contributed by atoms with E-state index in [4.69, 9.17) is 5.73 Å². The van der Waals surface area contributed by atoms with Crippen molar-refractivity contribution in [3.8, 4) is 5.69 Å². The quantitative estimate of drug-likeness (QED) is 0.785. The number of benzene rings is 1.